The van der Waals surface area contributed by atoms with Gasteiger partial charge in [-0.2, -0.15) is 0 Å². The van der Waals surface area contributed by atoms with Gasteiger partial charge in [-0.1, -0.05) is 37.3 Å². The highest BCUT2D eigenvalue weighted by Gasteiger charge is 2.28. The SMILES string of the molecule is CCC(C)Nc1cc(NC2CCS(=O)(=O)C2)nc(-c2ccccc2)n1. The summed E-state index contributed by atoms with van der Waals surface area (Å²) in [6.45, 7) is 4.21. The number of hydrogen-bond donors (Lipinski definition) is 2. The Labute approximate surface area is 149 Å². The van der Waals surface area contributed by atoms with Crippen molar-refractivity contribution >= 4 is 21.5 Å². The lowest BCUT2D eigenvalue weighted by Crippen LogP contribution is -2.22. The molecule has 1 aromatic carbocycles. The first-order valence-corrected chi connectivity index (χ1v) is 10.5. The van der Waals surface area contributed by atoms with Gasteiger partial charge in [-0.3, -0.25) is 0 Å². The lowest BCUT2D eigenvalue weighted by Gasteiger charge is -2.17. The molecule has 6 nitrogen and oxygen atoms in total. The van der Waals surface area contributed by atoms with Gasteiger partial charge in [0.05, 0.1) is 11.5 Å². The highest BCUT2D eigenvalue weighted by molar-refractivity contribution is 7.91. The van der Waals surface area contributed by atoms with E-state index in [1.165, 1.54) is 0 Å². The molecule has 2 atom stereocenters. The van der Waals surface area contributed by atoms with Crippen molar-refractivity contribution in [1.82, 2.24) is 9.97 Å². The van der Waals surface area contributed by atoms with Gasteiger partial charge in [0, 0.05) is 23.7 Å². The van der Waals surface area contributed by atoms with E-state index in [2.05, 4.69) is 34.4 Å². The summed E-state index contributed by atoms with van der Waals surface area (Å²) in [5.41, 5.74) is 0.928. The number of nitrogens with one attached hydrogen (secondary N) is 2. The lowest BCUT2D eigenvalue weighted by atomic mass is 10.2. The molecule has 2 aromatic rings. The summed E-state index contributed by atoms with van der Waals surface area (Å²) < 4.78 is 23.4. The third kappa shape index (κ3) is 4.69. The van der Waals surface area contributed by atoms with Gasteiger partial charge < -0.3 is 10.6 Å². The second-order valence-electron chi connectivity index (χ2n) is 6.53. The summed E-state index contributed by atoms with van der Waals surface area (Å²) in [5, 5.41) is 6.64. The van der Waals surface area contributed by atoms with Gasteiger partial charge in [0.15, 0.2) is 15.7 Å². The number of aromatic nitrogens is 2. The van der Waals surface area contributed by atoms with Crippen LogP contribution in [0.25, 0.3) is 11.4 Å². The Bertz CT molecular complexity index is 824. The minimum absolute atomic E-state index is 0.0972. The third-order valence-corrected chi connectivity index (χ3v) is 6.12. The number of hydrogen-bond acceptors (Lipinski definition) is 6. The molecule has 2 unspecified atom stereocenters. The van der Waals surface area contributed by atoms with Gasteiger partial charge in [0.1, 0.15) is 11.6 Å². The van der Waals surface area contributed by atoms with E-state index in [1.807, 2.05) is 36.4 Å². The Balaban J connectivity index is 1.89. The third-order valence-electron chi connectivity index (χ3n) is 4.35. The van der Waals surface area contributed by atoms with Crippen LogP contribution in [-0.2, 0) is 9.84 Å². The van der Waals surface area contributed by atoms with Crippen LogP contribution < -0.4 is 10.6 Å². The zero-order valence-electron chi connectivity index (χ0n) is 14.6. The highest BCUT2D eigenvalue weighted by Crippen LogP contribution is 2.23. The zero-order chi connectivity index (χ0) is 17.9. The topological polar surface area (TPSA) is 84.0 Å². The normalized spacial score (nSPS) is 20.2. The standard InChI is InChI=1S/C18H24N4O2S/c1-3-13(2)19-16-11-17(20-15-9-10-25(23,24)12-15)22-18(21-16)14-7-5-4-6-8-14/h4-8,11,13,15H,3,9-10,12H2,1-2H3,(H2,19,20,21,22). The molecule has 1 saturated heterocycles. The Morgan fingerprint density at radius 2 is 1.92 bits per heavy atom. The first-order chi connectivity index (χ1) is 11.9. The molecule has 2 heterocycles. The molecule has 134 valence electrons. The molecule has 0 amide bonds. The quantitative estimate of drug-likeness (QED) is 0.824. The molecule has 3 rings (SSSR count). The maximum atomic E-state index is 11.7. The van der Waals surface area contributed by atoms with Gasteiger partial charge >= 0.3 is 0 Å². The van der Waals surface area contributed by atoms with Crippen LogP contribution >= 0.6 is 0 Å². The first kappa shape index (κ1) is 17.7. The van der Waals surface area contributed by atoms with Gasteiger partial charge in [-0.05, 0) is 19.8 Å². The van der Waals surface area contributed by atoms with Gasteiger partial charge in [-0.25, -0.2) is 18.4 Å². The van der Waals surface area contributed by atoms with Crippen molar-refractivity contribution in [1.29, 1.82) is 0 Å². The molecule has 0 bridgehead atoms. The predicted molar refractivity (Wildman–Crippen MR) is 102 cm³/mol. The minimum atomic E-state index is -2.93. The molecule has 0 spiro atoms. The molecule has 0 radical (unpaired) electrons. The summed E-state index contributed by atoms with van der Waals surface area (Å²) in [6, 6.07) is 11.8. The van der Waals surface area contributed by atoms with Crippen LogP contribution in [-0.4, -0.2) is 42.0 Å². The monoisotopic (exact) mass is 360 g/mol. The Kier molecular flexibility index (Phi) is 5.22. The van der Waals surface area contributed by atoms with Crippen LogP contribution in [0.4, 0.5) is 11.6 Å². The first-order valence-electron chi connectivity index (χ1n) is 8.63. The van der Waals surface area contributed by atoms with Crippen molar-refractivity contribution in [2.75, 3.05) is 22.1 Å². The van der Waals surface area contributed by atoms with Crippen molar-refractivity contribution in [2.45, 2.75) is 38.8 Å². The number of rotatable bonds is 6. The number of nitrogens with zero attached hydrogens (tertiary/aromatic N) is 2. The Hall–Kier alpha value is -2.15. The zero-order valence-corrected chi connectivity index (χ0v) is 15.4. The van der Waals surface area contributed by atoms with Gasteiger partial charge in [0.25, 0.3) is 0 Å². The summed E-state index contributed by atoms with van der Waals surface area (Å²) in [7, 11) is -2.93. The van der Waals surface area contributed by atoms with Gasteiger partial charge in [-0.15, -0.1) is 0 Å². The predicted octanol–water partition coefficient (Wildman–Crippen LogP) is 2.95. The molecule has 1 aliphatic rings. The fourth-order valence-corrected chi connectivity index (χ4v) is 4.46. The number of anilines is 2. The highest BCUT2D eigenvalue weighted by atomic mass is 32.2. The van der Waals surface area contributed by atoms with Crippen LogP contribution in [0.1, 0.15) is 26.7 Å². The van der Waals surface area contributed by atoms with E-state index >= 15 is 0 Å². The molecule has 0 aliphatic carbocycles. The molecule has 7 heteroatoms. The number of benzene rings is 1. The molecule has 1 fully saturated rings. The van der Waals surface area contributed by atoms with E-state index in [4.69, 9.17) is 0 Å². The molecule has 1 aliphatic heterocycles. The Morgan fingerprint density at radius 3 is 2.56 bits per heavy atom. The summed E-state index contributed by atoms with van der Waals surface area (Å²) in [4.78, 5) is 9.21. The second kappa shape index (κ2) is 7.39. The average Bonchev–Trinajstić information content (AvgIpc) is 2.93. The van der Waals surface area contributed by atoms with Crippen LogP contribution in [0.3, 0.4) is 0 Å². The Morgan fingerprint density at radius 1 is 1.20 bits per heavy atom. The molecular formula is C18H24N4O2S. The number of sulfone groups is 1. The van der Waals surface area contributed by atoms with Crippen molar-refractivity contribution in [3.8, 4) is 11.4 Å². The van der Waals surface area contributed by atoms with Gasteiger partial charge in [0.2, 0.25) is 0 Å². The van der Waals surface area contributed by atoms with Crippen molar-refractivity contribution in [2.24, 2.45) is 0 Å². The van der Waals surface area contributed by atoms with E-state index in [0.29, 0.717) is 24.1 Å². The fourth-order valence-electron chi connectivity index (χ4n) is 2.78. The molecule has 2 N–H and O–H groups in total. The van der Waals surface area contributed by atoms with Crippen molar-refractivity contribution in [3.05, 3.63) is 36.4 Å². The average molecular weight is 360 g/mol. The van der Waals surface area contributed by atoms with E-state index in [-0.39, 0.29) is 17.5 Å². The maximum Gasteiger partial charge on any atom is 0.163 e. The van der Waals surface area contributed by atoms with Crippen molar-refractivity contribution < 1.29 is 8.42 Å². The summed E-state index contributed by atoms with van der Waals surface area (Å²) >= 11 is 0. The summed E-state index contributed by atoms with van der Waals surface area (Å²) in [6.07, 6.45) is 1.59. The smallest absolute Gasteiger partial charge is 0.163 e. The molecule has 1 aromatic heterocycles. The largest absolute Gasteiger partial charge is 0.367 e. The molecule has 0 saturated carbocycles. The van der Waals surface area contributed by atoms with E-state index < -0.39 is 9.84 Å². The van der Waals surface area contributed by atoms with Crippen LogP contribution in [0, 0.1) is 0 Å². The maximum absolute atomic E-state index is 11.7. The van der Waals surface area contributed by atoms with Crippen LogP contribution in [0.5, 0.6) is 0 Å². The minimum Gasteiger partial charge on any atom is -0.367 e. The summed E-state index contributed by atoms with van der Waals surface area (Å²) in [5.74, 6) is 2.41. The molecular weight excluding hydrogens is 336 g/mol. The van der Waals surface area contributed by atoms with Crippen LogP contribution in [0.15, 0.2) is 36.4 Å². The molecule has 25 heavy (non-hydrogen) atoms. The van der Waals surface area contributed by atoms with Crippen LogP contribution in [0.2, 0.25) is 0 Å². The van der Waals surface area contributed by atoms with E-state index in [0.717, 1.165) is 17.8 Å². The second-order valence-corrected chi connectivity index (χ2v) is 8.75. The van der Waals surface area contributed by atoms with E-state index in [9.17, 15) is 8.42 Å². The van der Waals surface area contributed by atoms with E-state index in [1.54, 1.807) is 0 Å². The fraction of sp³-hybridized carbons (Fsp3) is 0.444. The van der Waals surface area contributed by atoms with Crippen molar-refractivity contribution in [3.63, 3.8) is 0 Å². The lowest BCUT2D eigenvalue weighted by molar-refractivity contribution is 0.602.